The zero-order valence-electron chi connectivity index (χ0n) is 8.76. The van der Waals surface area contributed by atoms with E-state index in [1.807, 2.05) is 18.2 Å². The van der Waals surface area contributed by atoms with Crippen molar-refractivity contribution in [2.75, 3.05) is 0 Å². The van der Waals surface area contributed by atoms with Crippen molar-refractivity contribution in [3.63, 3.8) is 0 Å². The van der Waals surface area contributed by atoms with Crippen LogP contribution in [0.2, 0.25) is 0 Å². The molecule has 0 bridgehead atoms. The lowest BCUT2D eigenvalue weighted by atomic mass is 10.1. The van der Waals surface area contributed by atoms with E-state index in [4.69, 9.17) is 5.73 Å². The lowest BCUT2D eigenvalue weighted by Crippen LogP contribution is -1.99. The number of phenols is 1. The number of phenolic OH excluding ortho intramolecular Hbond substituents is 1. The lowest BCUT2D eigenvalue weighted by molar-refractivity contribution is 0.477. The summed E-state index contributed by atoms with van der Waals surface area (Å²) < 4.78 is 0. The van der Waals surface area contributed by atoms with Crippen molar-refractivity contribution in [2.24, 2.45) is 5.73 Å². The van der Waals surface area contributed by atoms with E-state index in [1.165, 1.54) is 4.88 Å². The van der Waals surface area contributed by atoms with Crippen LogP contribution in [0.4, 0.5) is 0 Å². The van der Waals surface area contributed by atoms with Crippen LogP contribution in [0.5, 0.6) is 5.75 Å². The van der Waals surface area contributed by atoms with E-state index in [0.717, 1.165) is 16.9 Å². The zero-order valence-corrected chi connectivity index (χ0v) is 9.58. The van der Waals surface area contributed by atoms with Crippen molar-refractivity contribution in [2.45, 2.75) is 18.4 Å². The molecule has 82 valence electrons. The number of rotatable bonds is 2. The number of nitrogens with two attached hydrogens (primary N) is 1. The molecular formula is C13H13NOS. The van der Waals surface area contributed by atoms with Gasteiger partial charge in [0, 0.05) is 27.3 Å². The minimum atomic E-state index is 0.343. The third kappa shape index (κ3) is 1.62. The van der Waals surface area contributed by atoms with Gasteiger partial charge in [-0.05, 0) is 30.7 Å². The Kier molecular flexibility index (Phi) is 2.23. The van der Waals surface area contributed by atoms with E-state index in [-0.39, 0.29) is 0 Å². The van der Waals surface area contributed by atoms with E-state index >= 15 is 0 Å². The Balaban J connectivity index is 1.95. The molecule has 1 fully saturated rings. The van der Waals surface area contributed by atoms with E-state index < -0.39 is 0 Å². The molecule has 3 rings (SSSR count). The van der Waals surface area contributed by atoms with Crippen molar-refractivity contribution in [3.05, 3.63) is 41.3 Å². The first-order chi connectivity index (χ1) is 7.75. The number of hydrogen-bond acceptors (Lipinski definition) is 3. The Morgan fingerprint density at radius 1 is 1.19 bits per heavy atom. The van der Waals surface area contributed by atoms with Crippen molar-refractivity contribution >= 4 is 11.3 Å². The molecule has 1 aliphatic rings. The van der Waals surface area contributed by atoms with Crippen LogP contribution in [-0.4, -0.2) is 11.1 Å². The van der Waals surface area contributed by atoms with Crippen LogP contribution in [0.3, 0.4) is 0 Å². The molecule has 3 N–H and O–H groups in total. The fourth-order valence-corrected chi connectivity index (χ4v) is 3.15. The summed E-state index contributed by atoms with van der Waals surface area (Å²) in [7, 11) is 0. The fourth-order valence-electron chi connectivity index (χ4n) is 1.92. The van der Waals surface area contributed by atoms with Gasteiger partial charge in [-0.25, -0.2) is 0 Å². The molecule has 2 atom stereocenters. The summed E-state index contributed by atoms with van der Waals surface area (Å²) in [6, 6.07) is 12.0. The first-order valence-electron chi connectivity index (χ1n) is 5.39. The van der Waals surface area contributed by atoms with Crippen molar-refractivity contribution in [1.29, 1.82) is 0 Å². The van der Waals surface area contributed by atoms with Crippen molar-refractivity contribution < 1.29 is 5.11 Å². The molecule has 2 unspecified atom stereocenters. The van der Waals surface area contributed by atoms with Crippen LogP contribution in [0, 0.1) is 0 Å². The van der Waals surface area contributed by atoms with E-state index in [2.05, 4.69) is 12.1 Å². The molecule has 16 heavy (non-hydrogen) atoms. The normalized spacial score (nSPS) is 23.3. The van der Waals surface area contributed by atoms with Gasteiger partial charge < -0.3 is 10.8 Å². The first kappa shape index (κ1) is 9.87. The van der Waals surface area contributed by atoms with Crippen LogP contribution in [0.15, 0.2) is 36.4 Å². The molecule has 1 aliphatic carbocycles. The average Bonchev–Trinajstić information content (AvgIpc) is 2.82. The molecule has 3 heteroatoms. The fraction of sp³-hybridized carbons (Fsp3) is 0.231. The van der Waals surface area contributed by atoms with Gasteiger partial charge in [-0.1, -0.05) is 12.1 Å². The van der Waals surface area contributed by atoms with Crippen LogP contribution < -0.4 is 5.73 Å². The number of aromatic hydroxyl groups is 1. The van der Waals surface area contributed by atoms with Crippen LogP contribution in [-0.2, 0) is 0 Å². The highest BCUT2D eigenvalue weighted by atomic mass is 32.1. The SMILES string of the molecule is NC1CC1c1ccc(-c2ccccc2O)s1. The lowest BCUT2D eigenvalue weighted by Gasteiger charge is -2.00. The molecule has 0 saturated heterocycles. The maximum Gasteiger partial charge on any atom is 0.124 e. The van der Waals surface area contributed by atoms with E-state index in [1.54, 1.807) is 17.4 Å². The predicted molar refractivity (Wildman–Crippen MR) is 66.8 cm³/mol. The van der Waals surface area contributed by atoms with Gasteiger partial charge in [-0.3, -0.25) is 0 Å². The summed E-state index contributed by atoms with van der Waals surface area (Å²) in [5.74, 6) is 0.889. The second kappa shape index (κ2) is 3.61. The Bertz CT molecular complexity index is 520. The maximum absolute atomic E-state index is 9.76. The smallest absolute Gasteiger partial charge is 0.124 e. The summed E-state index contributed by atoms with van der Waals surface area (Å²) >= 11 is 1.73. The van der Waals surface area contributed by atoms with Gasteiger partial charge in [0.15, 0.2) is 0 Å². The molecule has 0 spiro atoms. The summed E-state index contributed by atoms with van der Waals surface area (Å²) in [4.78, 5) is 2.46. The number of benzene rings is 1. The van der Waals surface area contributed by atoms with Gasteiger partial charge in [-0.2, -0.15) is 0 Å². The van der Waals surface area contributed by atoms with Crippen molar-refractivity contribution in [1.82, 2.24) is 0 Å². The van der Waals surface area contributed by atoms with Crippen LogP contribution >= 0.6 is 11.3 Å². The standard InChI is InChI=1S/C13H13NOS/c14-10-7-9(10)13-6-5-12(16-13)8-3-1-2-4-11(8)15/h1-6,9-10,15H,7,14H2. The van der Waals surface area contributed by atoms with Gasteiger partial charge in [0.05, 0.1) is 0 Å². The third-order valence-electron chi connectivity index (χ3n) is 3.00. The summed E-state index contributed by atoms with van der Waals surface area (Å²) in [5.41, 5.74) is 6.74. The zero-order chi connectivity index (χ0) is 11.1. The van der Waals surface area contributed by atoms with Crippen LogP contribution in [0.1, 0.15) is 17.2 Å². The largest absolute Gasteiger partial charge is 0.507 e. The Morgan fingerprint density at radius 2 is 1.94 bits per heavy atom. The van der Waals surface area contributed by atoms with E-state index in [0.29, 0.717) is 17.7 Å². The van der Waals surface area contributed by atoms with Crippen molar-refractivity contribution in [3.8, 4) is 16.2 Å². The number of thiophene rings is 1. The molecule has 0 aliphatic heterocycles. The Labute approximate surface area is 98.4 Å². The molecule has 0 amide bonds. The minimum Gasteiger partial charge on any atom is -0.507 e. The molecular weight excluding hydrogens is 218 g/mol. The van der Waals surface area contributed by atoms with Gasteiger partial charge in [0.25, 0.3) is 0 Å². The Hall–Kier alpha value is -1.32. The quantitative estimate of drug-likeness (QED) is 0.834. The first-order valence-corrected chi connectivity index (χ1v) is 6.21. The molecule has 2 nitrogen and oxygen atoms in total. The highest BCUT2D eigenvalue weighted by Crippen LogP contribution is 2.45. The van der Waals surface area contributed by atoms with Gasteiger partial charge in [-0.15, -0.1) is 11.3 Å². The third-order valence-corrected chi connectivity index (χ3v) is 4.25. The van der Waals surface area contributed by atoms with E-state index in [9.17, 15) is 5.11 Å². The molecule has 1 aromatic carbocycles. The molecule has 2 aromatic rings. The average molecular weight is 231 g/mol. The second-order valence-electron chi connectivity index (χ2n) is 4.23. The predicted octanol–water partition coefficient (Wildman–Crippen LogP) is 2.94. The van der Waals surface area contributed by atoms with Crippen LogP contribution in [0.25, 0.3) is 10.4 Å². The molecule has 1 aromatic heterocycles. The highest BCUT2D eigenvalue weighted by Gasteiger charge is 2.35. The van der Waals surface area contributed by atoms with Gasteiger partial charge >= 0.3 is 0 Å². The topological polar surface area (TPSA) is 46.2 Å². The molecule has 0 radical (unpaired) electrons. The molecule has 1 heterocycles. The van der Waals surface area contributed by atoms with Gasteiger partial charge in [0.1, 0.15) is 5.75 Å². The van der Waals surface area contributed by atoms with Gasteiger partial charge in [0.2, 0.25) is 0 Å². The highest BCUT2D eigenvalue weighted by molar-refractivity contribution is 7.15. The summed E-state index contributed by atoms with van der Waals surface area (Å²) in [6.07, 6.45) is 1.10. The maximum atomic E-state index is 9.76. The monoisotopic (exact) mass is 231 g/mol. The number of hydrogen-bond donors (Lipinski definition) is 2. The second-order valence-corrected chi connectivity index (χ2v) is 5.34. The number of para-hydroxylation sites is 1. The summed E-state index contributed by atoms with van der Waals surface area (Å²) in [5, 5.41) is 9.76. The summed E-state index contributed by atoms with van der Waals surface area (Å²) in [6.45, 7) is 0. The minimum absolute atomic E-state index is 0.343. The Morgan fingerprint density at radius 3 is 2.62 bits per heavy atom. The molecule has 1 saturated carbocycles.